The van der Waals surface area contributed by atoms with E-state index in [9.17, 15) is 9.18 Å². The third kappa shape index (κ3) is 3.19. The maximum absolute atomic E-state index is 12.8. The van der Waals surface area contributed by atoms with Gasteiger partial charge in [-0.25, -0.2) is 14.4 Å². The van der Waals surface area contributed by atoms with Gasteiger partial charge >= 0.3 is 0 Å². The summed E-state index contributed by atoms with van der Waals surface area (Å²) in [7, 11) is 1.86. The van der Waals surface area contributed by atoms with E-state index in [-0.39, 0.29) is 11.9 Å². The van der Waals surface area contributed by atoms with Gasteiger partial charge in [-0.15, -0.1) is 0 Å². The normalized spacial score (nSPS) is 16.5. The maximum Gasteiger partial charge on any atom is 0.225 e. The van der Waals surface area contributed by atoms with Crippen LogP contribution in [0, 0.1) is 5.82 Å². The molecular formula is C13H19FN4O. The predicted molar refractivity (Wildman–Crippen MR) is 70.3 cm³/mol. The molecule has 0 saturated carbocycles. The number of amides is 1. The molecule has 2 heterocycles. The highest BCUT2D eigenvalue weighted by atomic mass is 19.1. The summed E-state index contributed by atoms with van der Waals surface area (Å²) in [4.78, 5) is 23.5. The first-order valence-electron chi connectivity index (χ1n) is 6.60. The maximum atomic E-state index is 12.8. The summed E-state index contributed by atoms with van der Waals surface area (Å²) in [6, 6.07) is 0.282. The summed E-state index contributed by atoms with van der Waals surface area (Å²) in [5, 5.41) is 0. The molecule has 0 aromatic carbocycles. The molecular weight excluding hydrogens is 247 g/mol. The van der Waals surface area contributed by atoms with Crippen molar-refractivity contribution in [3.05, 3.63) is 18.2 Å². The van der Waals surface area contributed by atoms with Gasteiger partial charge in [0.15, 0.2) is 5.82 Å². The van der Waals surface area contributed by atoms with Crippen LogP contribution >= 0.6 is 0 Å². The van der Waals surface area contributed by atoms with Crippen molar-refractivity contribution in [1.29, 1.82) is 0 Å². The standard InChI is InChI=1S/C13H19FN4O/c1-3-12(19)17(2)11-4-6-18(7-5-11)13-15-8-10(14)9-16-13/h8-9,11H,3-7H2,1-2H3. The number of carbonyl (C=O) groups is 1. The monoisotopic (exact) mass is 266 g/mol. The molecule has 1 aromatic heterocycles. The molecule has 0 unspecified atom stereocenters. The highest BCUT2D eigenvalue weighted by Crippen LogP contribution is 2.19. The minimum atomic E-state index is -0.424. The number of piperidine rings is 1. The fraction of sp³-hybridized carbons (Fsp3) is 0.615. The van der Waals surface area contributed by atoms with E-state index in [2.05, 4.69) is 9.97 Å². The molecule has 1 aromatic rings. The molecule has 0 bridgehead atoms. The van der Waals surface area contributed by atoms with Crippen LogP contribution in [0.25, 0.3) is 0 Å². The minimum Gasteiger partial charge on any atom is -0.343 e. The van der Waals surface area contributed by atoms with E-state index >= 15 is 0 Å². The summed E-state index contributed by atoms with van der Waals surface area (Å²) in [6.07, 6.45) is 4.69. The van der Waals surface area contributed by atoms with Crippen LogP contribution < -0.4 is 4.90 Å². The number of rotatable bonds is 3. The lowest BCUT2D eigenvalue weighted by molar-refractivity contribution is -0.131. The zero-order valence-corrected chi connectivity index (χ0v) is 11.3. The number of anilines is 1. The molecule has 0 atom stereocenters. The van der Waals surface area contributed by atoms with E-state index in [1.807, 2.05) is 23.8 Å². The fourth-order valence-electron chi connectivity index (χ4n) is 2.37. The molecule has 1 aliphatic rings. The Morgan fingerprint density at radius 1 is 1.42 bits per heavy atom. The van der Waals surface area contributed by atoms with E-state index in [4.69, 9.17) is 0 Å². The zero-order chi connectivity index (χ0) is 13.8. The van der Waals surface area contributed by atoms with E-state index in [1.54, 1.807) is 0 Å². The van der Waals surface area contributed by atoms with Gasteiger partial charge in [0.25, 0.3) is 0 Å². The van der Waals surface area contributed by atoms with Crippen molar-refractivity contribution in [2.24, 2.45) is 0 Å². The quantitative estimate of drug-likeness (QED) is 0.831. The second-order valence-corrected chi connectivity index (χ2v) is 4.78. The molecule has 6 heteroatoms. The summed E-state index contributed by atoms with van der Waals surface area (Å²) >= 11 is 0. The summed E-state index contributed by atoms with van der Waals surface area (Å²) in [5.74, 6) is 0.313. The Hall–Kier alpha value is -1.72. The topological polar surface area (TPSA) is 49.3 Å². The largest absolute Gasteiger partial charge is 0.343 e. The van der Waals surface area contributed by atoms with Crippen molar-refractivity contribution in [2.75, 3.05) is 25.0 Å². The molecule has 0 aliphatic carbocycles. The lowest BCUT2D eigenvalue weighted by Crippen LogP contribution is -2.45. The van der Waals surface area contributed by atoms with Crippen LogP contribution in [-0.4, -0.2) is 47.0 Å². The predicted octanol–water partition coefficient (Wildman–Crippen LogP) is 1.45. The van der Waals surface area contributed by atoms with E-state index in [0.29, 0.717) is 12.4 Å². The van der Waals surface area contributed by atoms with Gasteiger partial charge in [-0.05, 0) is 12.8 Å². The van der Waals surface area contributed by atoms with Crippen LogP contribution in [0.4, 0.5) is 10.3 Å². The third-order valence-corrected chi connectivity index (χ3v) is 3.60. The van der Waals surface area contributed by atoms with Crippen molar-refractivity contribution in [1.82, 2.24) is 14.9 Å². The molecule has 0 spiro atoms. The molecule has 104 valence electrons. The summed E-state index contributed by atoms with van der Waals surface area (Å²) in [6.45, 7) is 3.45. The Kier molecular flexibility index (Phi) is 4.29. The number of carbonyl (C=O) groups excluding carboxylic acids is 1. The van der Waals surface area contributed by atoms with Gasteiger partial charge < -0.3 is 9.80 Å². The first-order valence-corrected chi connectivity index (χ1v) is 6.60. The Bertz CT molecular complexity index is 429. The van der Waals surface area contributed by atoms with Gasteiger partial charge in [0.2, 0.25) is 11.9 Å². The average Bonchev–Trinajstić information content (AvgIpc) is 2.46. The van der Waals surface area contributed by atoms with E-state index in [1.165, 1.54) is 12.4 Å². The number of hydrogen-bond donors (Lipinski definition) is 0. The van der Waals surface area contributed by atoms with Gasteiger partial charge in [0, 0.05) is 32.6 Å². The minimum absolute atomic E-state index is 0.177. The van der Waals surface area contributed by atoms with Crippen LogP contribution in [0.3, 0.4) is 0 Å². The highest BCUT2D eigenvalue weighted by molar-refractivity contribution is 5.75. The number of halogens is 1. The average molecular weight is 266 g/mol. The third-order valence-electron chi connectivity index (χ3n) is 3.60. The first-order chi connectivity index (χ1) is 9.11. The molecule has 1 saturated heterocycles. The molecule has 1 aliphatic heterocycles. The molecule has 19 heavy (non-hydrogen) atoms. The summed E-state index contributed by atoms with van der Waals surface area (Å²) in [5.41, 5.74) is 0. The number of hydrogen-bond acceptors (Lipinski definition) is 4. The van der Waals surface area contributed by atoms with Crippen LogP contribution in [0.15, 0.2) is 12.4 Å². The number of aromatic nitrogens is 2. The van der Waals surface area contributed by atoms with Gasteiger partial charge in [0.05, 0.1) is 12.4 Å². The van der Waals surface area contributed by atoms with Gasteiger partial charge in [0.1, 0.15) is 0 Å². The second-order valence-electron chi connectivity index (χ2n) is 4.78. The highest BCUT2D eigenvalue weighted by Gasteiger charge is 2.25. The lowest BCUT2D eigenvalue weighted by atomic mass is 10.0. The second kappa shape index (κ2) is 5.95. The Balaban J connectivity index is 1.92. The van der Waals surface area contributed by atoms with Crippen molar-refractivity contribution in [3.63, 3.8) is 0 Å². The summed E-state index contributed by atoms with van der Waals surface area (Å²) < 4.78 is 12.8. The molecule has 5 nitrogen and oxygen atoms in total. The van der Waals surface area contributed by atoms with Gasteiger partial charge in [-0.2, -0.15) is 0 Å². The van der Waals surface area contributed by atoms with Crippen LogP contribution in [-0.2, 0) is 4.79 Å². The van der Waals surface area contributed by atoms with Crippen molar-refractivity contribution < 1.29 is 9.18 Å². The Morgan fingerprint density at radius 2 is 2.00 bits per heavy atom. The van der Waals surface area contributed by atoms with Gasteiger partial charge in [-0.1, -0.05) is 6.92 Å². The molecule has 2 rings (SSSR count). The first kappa shape index (κ1) is 13.7. The lowest BCUT2D eigenvalue weighted by Gasteiger charge is -2.36. The van der Waals surface area contributed by atoms with Crippen LogP contribution in [0.5, 0.6) is 0 Å². The molecule has 1 amide bonds. The van der Waals surface area contributed by atoms with Crippen molar-refractivity contribution in [3.8, 4) is 0 Å². The van der Waals surface area contributed by atoms with E-state index in [0.717, 1.165) is 25.9 Å². The van der Waals surface area contributed by atoms with Crippen LogP contribution in [0.1, 0.15) is 26.2 Å². The molecule has 1 fully saturated rings. The Morgan fingerprint density at radius 3 is 2.53 bits per heavy atom. The molecule has 0 N–H and O–H groups in total. The molecule has 0 radical (unpaired) electrons. The van der Waals surface area contributed by atoms with Crippen molar-refractivity contribution in [2.45, 2.75) is 32.2 Å². The van der Waals surface area contributed by atoms with E-state index < -0.39 is 5.82 Å². The van der Waals surface area contributed by atoms with Gasteiger partial charge in [-0.3, -0.25) is 4.79 Å². The Labute approximate surface area is 112 Å². The fourth-order valence-corrected chi connectivity index (χ4v) is 2.37. The SMILES string of the molecule is CCC(=O)N(C)C1CCN(c2ncc(F)cn2)CC1. The number of nitrogens with zero attached hydrogens (tertiary/aromatic N) is 4. The van der Waals surface area contributed by atoms with Crippen molar-refractivity contribution >= 4 is 11.9 Å². The van der Waals surface area contributed by atoms with Crippen LogP contribution in [0.2, 0.25) is 0 Å². The zero-order valence-electron chi connectivity index (χ0n) is 11.3. The smallest absolute Gasteiger partial charge is 0.225 e.